The van der Waals surface area contributed by atoms with E-state index in [-0.39, 0.29) is 5.91 Å². The van der Waals surface area contributed by atoms with E-state index in [1.54, 1.807) is 0 Å². The standard InChI is InChI=1S/C27H30N4O2/c28-12-18-5-7-24-22(10-18)19(13-29-24)2-1-9-31(15-17-3-4-17)21-11-23-25(33-16-21)8-6-20-14-30-27(32)26(20)23/h5-8,10,17,19,21,29H,1-4,9,11,13-16H2,(H,30,32)/t19?,21-/m0/s1. The van der Waals surface area contributed by atoms with E-state index in [2.05, 4.69) is 27.7 Å². The Bertz CT molecular complexity index is 1130. The van der Waals surface area contributed by atoms with Gasteiger partial charge in [0.1, 0.15) is 12.4 Å². The molecule has 1 unspecified atom stereocenters. The third kappa shape index (κ3) is 3.95. The van der Waals surface area contributed by atoms with Crippen LogP contribution in [-0.2, 0) is 13.0 Å². The van der Waals surface area contributed by atoms with Gasteiger partial charge < -0.3 is 15.4 Å². The van der Waals surface area contributed by atoms with E-state index in [9.17, 15) is 10.1 Å². The highest BCUT2D eigenvalue weighted by Gasteiger charge is 2.34. The second kappa shape index (κ2) is 8.39. The van der Waals surface area contributed by atoms with Gasteiger partial charge in [-0.1, -0.05) is 6.07 Å². The molecule has 1 fully saturated rings. The summed E-state index contributed by atoms with van der Waals surface area (Å²) in [4.78, 5) is 15.1. The van der Waals surface area contributed by atoms with E-state index in [4.69, 9.17) is 4.74 Å². The van der Waals surface area contributed by atoms with Gasteiger partial charge in [-0.25, -0.2) is 0 Å². The van der Waals surface area contributed by atoms with Gasteiger partial charge in [-0.3, -0.25) is 9.69 Å². The predicted molar refractivity (Wildman–Crippen MR) is 127 cm³/mol. The second-order valence-electron chi connectivity index (χ2n) is 10.0. The molecule has 0 spiro atoms. The number of nitriles is 1. The van der Waals surface area contributed by atoms with E-state index in [0.29, 0.717) is 25.1 Å². The summed E-state index contributed by atoms with van der Waals surface area (Å²) < 4.78 is 6.18. The fourth-order valence-electron chi connectivity index (χ4n) is 5.75. The monoisotopic (exact) mass is 442 g/mol. The van der Waals surface area contributed by atoms with E-state index >= 15 is 0 Å². The number of rotatable bonds is 7. The number of carbonyl (C=O) groups is 1. The zero-order valence-corrected chi connectivity index (χ0v) is 18.9. The summed E-state index contributed by atoms with van der Waals surface area (Å²) in [5.41, 5.74) is 6.26. The smallest absolute Gasteiger partial charge is 0.252 e. The van der Waals surface area contributed by atoms with Gasteiger partial charge in [0, 0.05) is 42.8 Å². The SMILES string of the molecule is N#Cc1ccc2c(c1)C(CCCN(CC1CC1)[C@@H]1COc3ccc4c(c3C1)C(=O)NC4)CN2. The maximum atomic E-state index is 12.5. The van der Waals surface area contributed by atoms with Gasteiger partial charge in [-0.05, 0) is 80.0 Å². The largest absolute Gasteiger partial charge is 0.492 e. The van der Waals surface area contributed by atoms with Gasteiger partial charge in [0.25, 0.3) is 5.91 Å². The first kappa shape index (κ1) is 20.6. The molecule has 2 atom stereocenters. The Morgan fingerprint density at radius 2 is 2.09 bits per heavy atom. The minimum Gasteiger partial charge on any atom is -0.492 e. The highest BCUT2D eigenvalue weighted by Crippen LogP contribution is 2.37. The summed E-state index contributed by atoms with van der Waals surface area (Å²) >= 11 is 0. The molecule has 2 aromatic rings. The molecular weight excluding hydrogens is 412 g/mol. The normalized spacial score (nSPS) is 22.6. The molecule has 170 valence electrons. The molecule has 1 saturated carbocycles. The van der Waals surface area contributed by atoms with Crippen molar-refractivity contribution in [2.75, 3.05) is 31.6 Å². The van der Waals surface area contributed by atoms with Crippen molar-refractivity contribution in [3.63, 3.8) is 0 Å². The average Bonchev–Trinajstić information content (AvgIpc) is 3.46. The lowest BCUT2D eigenvalue weighted by atomic mass is 9.92. The van der Waals surface area contributed by atoms with Gasteiger partial charge in [0.05, 0.1) is 17.2 Å². The zero-order valence-electron chi connectivity index (χ0n) is 18.9. The molecule has 3 aliphatic heterocycles. The zero-order chi connectivity index (χ0) is 22.4. The minimum absolute atomic E-state index is 0.0454. The number of ether oxygens (including phenoxy) is 1. The molecule has 0 saturated heterocycles. The van der Waals surface area contributed by atoms with Gasteiger partial charge in [-0.2, -0.15) is 5.26 Å². The van der Waals surface area contributed by atoms with Crippen LogP contribution in [0.4, 0.5) is 5.69 Å². The van der Waals surface area contributed by atoms with E-state index in [1.807, 2.05) is 24.3 Å². The van der Waals surface area contributed by atoms with Crippen molar-refractivity contribution in [2.45, 2.75) is 50.6 Å². The maximum absolute atomic E-state index is 12.5. The number of nitrogens with one attached hydrogen (secondary N) is 2. The van der Waals surface area contributed by atoms with Gasteiger partial charge in [0.2, 0.25) is 0 Å². The highest BCUT2D eigenvalue weighted by atomic mass is 16.5. The van der Waals surface area contributed by atoms with Crippen LogP contribution in [0.3, 0.4) is 0 Å². The Labute approximate surface area is 194 Å². The van der Waals surface area contributed by atoms with Crippen LogP contribution >= 0.6 is 0 Å². The Balaban J connectivity index is 1.14. The summed E-state index contributed by atoms with van der Waals surface area (Å²) in [6, 6.07) is 12.6. The lowest BCUT2D eigenvalue weighted by molar-refractivity contribution is 0.0953. The molecule has 2 aromatic carbocycles. The van der Waals surface area contributed by atoms with Crippen LogP contribution in [0.5, 0.6) is 5.75 Å². The summed E-state index contributed by atoms with van der Waals surface area (Å²) in [7, 11) is 0. The fraction of sp³-hybridized carbons (Fsp3) is 0.481. The molecule has 6 nitrogen and oxygen atoms in total. The lowest BCUT2D eigenvalue weighted by Gasteiger charge is -2.36. The summed E-state index contributed by atoms with van der Waals surface area (Å²) in [6.07, 6.45) is 5.77. The summed E-state index contributed by atoms with van der Waals surface area (Å²) in [5, 5.41) is 15.7. The molecule has 4 aliphatic rings. The number of benzene rings is 2. The topological polar surface area (TPSA) is 77.4 Å². The van der Waals surface area contributed by atoms with Crippen LogP contribution in [0.2, 0.25) is 0 Å². The molecule has 6 heteroatoms. The van der Waals surface area contributed by atoms with Crippen LogP contribution in [0.1, 0.15) is 64.2 Å². The van der Waals surface area contributed by atoms with Crippen LogP contribution in [-0.4, -0.2) is 43.1 Å². The first-order valence-electron chi connectivity index (χ1n) is 12.3. The molecule has 2 N–H and O–H groups in total. The molecule has 33 heavy (non-hydrogen) atoms. The molecule has 0 bridgehead atoms. The van der Waals surface area contributed by atoms with E-state index in [1.165, 1.54) is 24.1 Å². The number of nitrogens with zero attached hydrogens (tertiary/aromatic N) is 2. The number of hydrogen-bond acceptors (Lipinski definition) is 5. The predicted octanol–water partition coefficient (Wildman–Crippen LogP) is 3.81. The van der Waals surface area contributed by atoms with Gasteiger partial charge >= 0.3 is 0 Å². The molecule has 6 rings (SSSR count). The Morgan fingerprint density at radius 3 is 2.94 bits per heavy atom. The average molecular weight is 443 g/mol. The van der Waals surface area contributed by atoms with Crippen molar-refractivity contribution in [2.24, 2.45) is 5.92 Å². The first-order valence-corrected chi connectivity index (χ1v) is 12.3. The highest BCUT2D eigenvalue weighted by molar-refractivity contribution is 6.00. The van der Waals surface area contributed by atoms with Crippen molar-refractivity contribution in [3.05, 3.63) is 58.1 Å². The number of amides is 1. The summed E-state index contributed by atoms with van der Waals surface area (Å²) in [5.74, 6) is 2.20. The third-order valence-corrected chi connectivity index (χ3v) is 7.76. The third-order valence-electron chi connectivity index (χ3n) is 7.76. The molecular formula is C27H30N4O2. The molecule has 3 heterocycles. The number of anilines is 1. The van der Waals surface area contributed by atoms with Gasteiger partial charge in [0.15, 0.2) is 0 Å². The lowest BCUT2D eigenvalue weighted by Crippen LogP contribution is -2.45. The van der Waals surface area contributed by atoms with Crippen LogP contribution in [0.15, 0.2) is 30.3 Å². The summed E-state index contributed by atoms with van der Waals surface area (Å²) in [6.45, 7) is 4.45. The van der Waals surface area contributed by atoms with Crippen molar-refractivity contribution in [1.29, 1.82) is 5.26 Å². The number of carbonyl (C=O) groups excluding carboxylic acids is 1. The van der Waals surface area contributed by atoms with E-state index < -0.39 is 0 Å². The van der Waals surface area contributed by atoms with Crippen molar-refractivity contribution in [3.8, 4) is 11.8 Å². The van der Waals surface area contributed by atoms with E-state index in [0.717, 1.165) is 72.8 Å². The first-order chi connectivity index (χ1) is 16.2. The van der Waals surface area contributed by atoms with Crippen molar-refractivity contribution < 1.29 is 9.53 Å². The number of hydrogen-bond donors (Lipinski definition) is 2. The Hall–Kier alpha value is -3.04. The van der Waals surface area contributed by atoms with Gasteiger partial charge in [-0.15, -0.1) is 0 Å². The van der Waals surface area contributed by atoms with Crippen LogP contribution in [0.25, 0.3) is 0 Å². The molecule has 1 aliphatic carbocycles. The second-order valence-corrected chi connectivity index (χ2v) is 10.0. The minimum atomic E-state index is 0.0454. The molecule has 0 radical (unpaired) electrons. The van der Waals surface area contributed by atoms with Crippen LogP contribution in [0, 0.1) is 17.2 Å². The van der Waals surface area contributed by atoms with Crippen LogP contribution < -0.4 is 15.4 Å². The quantitative estimate of drug-likeness (QED) is 0.682. The van der Waals surface area contributed by atoms with Crippen molar-refractivity contribution in [1.82, 2.24) is 10.2 Å². The molecule has 1 amide bonds. The fourth-order valence-corrected chi connectivity index (χ4v) is 5.75. The maximum Gasteiger partial charge on any atom is 0.252 e. The Kier molecular flexibility index (Phi) is 5.22. The number of fused-ring (bicyclic) bond motifs is 4. The van der Waals surface area contributed by atoms with Crippen molar-refractivity contribution >= 4 is 11.6 Å². The Morgan fingerprint density at radius 1 is 1.18 bits per heavy atom. The molecule has 0 aromatic heterocycles.